The molecule has 2 rings (SSSR count). The Balaban J connectivity index is 2.06. The molecule has 116 valence electrons. The molecule has 6 nitrogen and oxygen atoms in total. The van der Waals surface area contributed by atoms with Gasteiger partial charge in [0.05, 0.1) is 11.5 Å². The first kappa shape index (κ1) is 15.7. The maximum absolute atomic E-state index is 13.7. The second-order valence-electron chi connectivity index (χ2n) is 4.33. The fourth-order valence-electron chi connectivity index (χ4n) is 1.81. The summed E-state index contributed by atoms with van der Waals surface area (Å²) in [5.41, 5.74) is -0.420. The minimum absolute atomic E-state index is 0.0881. The summed E-state index contributed by atoms with van der Waals surface area (Å²) in [6.45, 7) is -0.156. The van der Waals surface area contributed by atoms with Gasteiger partial charge in [-0.1, -0.05) is 6.07 Å². The number of ether oxygens (including phenoxy) is 2. The van der Waals surface area contributed by atoms with E-state index in [1.165, 1.54) is 12.1 Å². The molecule has 0 aliphatic rings. The molecule has 0 heterocycles. The van der Waals surface area contributed by atoms with Gasteiger partial charge in [-0.25, -0.2) is 4.39 Å². The summed E-state index contributed by atoms with van der Waals surface area (Å²) < 4.78 is 24.3. The van der Waals surface area contributed by atoms with Crippen LogP contribution in [0.3, 0.4) is 0 Å². The van der Waals surface area contributed by atoms with E-state index in [2.05, 4.69) is 0 Å². The van der Waals surface area contributed by atoms with Crippen molar-refractivity contribution < 1.29 is 23.9 Å². The summed E-state index contributed by atoms with van der Waals surface area (Å²) in [6.07, 6.45) is 0. The van der Waals surface area contributed by atoms with Gasteiger partial charge in [-0.15, -0.1) is 0 Å². The summed E-state index contributed by atoms with van der Waals surface area (Å²) in [5.74, 6) is 0.296. The fraction of sp³-hybridized carbons (Fsp3) is 0.200. The summed E-state index contributed by atoms with van der Waals surface area (Å²) >= 11 is 0. The lowest BCUT2D eigenvalue weighted by atomic mass is 10.2. The molecular weight excluding hydrogens is 293 g/mol. The number of nitro groups is 1. The lowest BCUT2D eigenvalue weighted by Gasteiger charge is -2.09. The molecular formula is C15H14FNO5. The molecule has 0 aliphatic carbocycles. The monoisotopic (exact) mass is 307 g/mol. The fourth-order valence-corrected chi connectivity index (χ4v) is 1.81. The molecule has 7 heteroatoms. The van der Waals surface area contributed by atoms with Crippen molar-refractivity contribution >= 4 is 5.69 Å². The third-order valence-electron chi connectivity index (χ3n) is 2.86. The first-order valence-electron chi connectivity index (χ1n) is 6.50. The van der Waals surface area contributed by atoms with Gasteiger partial charge in [-0.3, -0.25) is 10.1 Å². The number of benzene rings is 2. The number of nitro benzene ring substituents is 1. The van der Waals surface area contributed by atoms with E-state index in [0.29, 0.717) is 11.5 Å². The van der Waals surface area contributed by atoms with E-state index in [1.54, 1.807) is 24.3 Å². The Morgan fingerprint density at radius 1 is 1.09 bits per heavy atom. The zero-order chi connectivity index (χ0) is 15.9. The van der Waals surface area contributed by atoms with Crippen LogP contribution < -0.4 is 9.47 Å². The van der Waals surface area contributed by atoms with E-state index >= 15 is 0 Å². The molecule has 2 aromatic carbocycles. The Hall–Kier alpha value is -2.67. The predicted octanol–water partition coefficient (Wildman–Crippen LogP) is 2.68. The van der Waals surface area contributed by atoms with Crippen LogP contribution in [0.4, 0.5) is 10.1 Å². The van der Waals surface area contributed by atoms with Gasteiger partial charge in [-0.05, 0) is 30.3 Å². The van der Waals surface area contributed by atoms with Gasteiger partial charge in [0.25, 0.3) is 5.69 Å². The predicted molar refractivity (Wildman–Crippen MR) is 76.4 cm³/mol. The van der Waals surface area contributed by atoms with E-state index in [4.69, 9.17) is 14.6 Å². The Morgan fingerprint density at radius 2 is 1.73 bits per heavy atom. The quantitative estimate of drug-likeness (QED) is 0.628. The molecule has 0 atom stereocenters. The zero-order valence-corrected chi connectivity index (χ0v) is 11.6. The molecule has 2 aromatic rings. The third-order valence-corrected chi connectivity index (χ3v) is 2.86. The van der Waals surface area contributed by atoms with Gasteiger partial charge in [0.1, 0.15) is 36.1 Å². The van der Waals surface area contributed by atoms with E-state index in [-0.39, 0.29) is 31.1 Å². The van der Waals surface area contributed by atoms with Crippen LogP contribution in [0.2, 0.25) is 0 Å². The first-order valence-corrected chi connectivity index (χ1v) is 6.50. The molecule has 1 N–H and O–H groups in total. The molecule has 0 spiro atoms. The van der Waals surface area contributed by atoms with Gasteiger partial charge in [-0.2, -0.15) is 0 Å². The van der Waals surface area contributed by atoms with Crippen LogP contribution in [0.15, 0.2) is 42.5 Å². The van der Waals surface area contributed by atoms with Crippen LogP contribution in [-0.2, 0) is 6.61 Å². The smallest absolute Gasteiger partial charge is 0.278 e. The summed E-state index contributed by atoms with van der Waals surface area (Å²) in [7, 11) is 0. The van der Waals surface area contributed by atoms with Crippen molar-refractivity contribution in [1.29, 1.82) is 0 Å². The molecule has 0 fully saturated rings. The highest BCUT2D eigenvalue weighted by Crippen LogP contribution is 2.24. The zero-order valence-electron chi connectivity index (χ0n) is 11.6. The van der Waals surface area contributed by atoms with Crippen LogP contribution in [0.25, 0.3) is 0 Å². The number of aliphatic hydroxyl groups excluding tert-OH is 1. The first-order chi connectivity index (χ1) is 10.6. The maximum atomic E-state index is 13.7. The van der Waals surface area contributed by atoms with Crippen molar-refractivity contribution in [3.63, 3.8) is 0 Å². The third kappa shape index (κ3) is 3.92. The molecule has 22 heavy (non-hydrogen) atoms. The number of nitrogens with zero attached hydrogens (tertiary/aromatic N) is 1. The van der Waals surface area contributed by atoms with Crippen LogP contribution in [0.5, 0.6) is 11.5 Å². The van der Waals surface area contributed by atoms with Gasteiger partial charge in [0.2, 0.25) is 0 Å². The van der Waals surface area contributed by atoms with Crippen molar-refractivity contribution in [2.24, 2.45) is 0 Å². The van der Waals surface area contributed by atoms with Gasteiger partial charge >= 0.3 is 0 Å². The van der Waals surface area contributed by atoms with E-state index in [1.807, 2.05) is 0 Å². The highest BCUT2D eigenvalue weighted by molar-refractivity contribution is 5.41. The second kappa shape index (κ2) is 7.37. The van der Waals surface area contributed by atoms with Gasteiger partial charge in [0, 0.05) is 6.07 Å². The normalized spacial score (nSPS) is 10.3. The Kier molecular flexibility index (Phi) is 5.26. The molecule has 0 saturated carbocycles. The lowest BCUT2D eigenvalue weighted by Crippen LogP contribution is -2.04. The van der Waals surface area contributed by atoms with Crippen molar-refractivity contribution in [2.75, 3.05) is 13.2 Å². The number of aliphatic hydroxyl groups is 1. The number of halogens is 1. The summed E-state index contributed by atoms with van der Waals surface area (Å²) in [6, 6.07) is 10.1. The Labute approximate surface area is 125 Å². The van der Waals surface area contributed by atoms with Gasteiger partial charge < -0.3 is 14.6 Å². The molecule has 0 radical (unpaired) electrons. The Bertz CT molecular complexity index is 645. The highest BCUT2D eigenvalue weighted by atomic mass is 19.1. The van der Waals surface area contributed by atoms with E-state index in [9.17, 15) is 14.5 Å². The van der Waals surface area contributed by atoms with Gasteiger partial charge in [0.15, 0.2) is 0 Å². The number of hydrogen-bond donors (Lipinski definition) is 1. The van der Waals surface area contributed by atoms with Crippen molar-refractivity contribution in [3.05, 3.63) is 64.0 Å². The summed E-state index contributed by atoms with van der Waals surface area (Å²) in [4.78, 5) is 10.2. The van der Waals surface area contributed by atoms with E-state index in [0.717, 1.165) is 6.07 Å². The van der Waals surface area contributed by atoms with Crippen LogP contribution >= 0.6 is 0 Å². The van der Waals surface area contributed by atoms with Crippen molar-refractivity contribution in [2.45, 2.75) is 6.61 Å². The molecule has 0 bridgehead atoms. The lowest BCUT2D eigenvalue weighted by molar-refractivity contribution is -0.386. The molecule has 0 unspecified atom stereocenters. The highest BCUT2D eigenvalue weighted by Gasteiger charge is 2.18. The Morgan fingerprint density at radius 3 is 2.32 bits per heavy atom. The summed E-state index contributed by atoms with van der Waals surface area (Å²) in [5, 5.41) is 19.5. The van der Waals surface area contributed by atoms with E-state index < -0.39 is 10.7 Å². The minimum atomic E-state index is -0.683. The van der Waals surface area contributed by atoms with Crippen LogP contribution in [-0.4, -0.2) is 23.2 Å². The minimum Gasteiger partial charge on any atom is -0.491 e. The topological polar surface area (TPSA) is 81.8 Å². The average molecular weight is 307 g/mol. The standard InChI is InChI=1S/C15H14FNO5/c16-14-2-1-3-15(17(19)20)13(14)10-22-12-6-4-11(5-7-12)21-9-8-18/h1-7,18H,8-10H2. The number of rotatable bonds is 7. The molecule has 0 amide bonds. The number of hydrogen-bond acceptors (Lipinski definition) is 5. The second-order valence-corrected chi connectivity index (χ2v) is 4.33. The average Bonchev–Trinajstić information content (AvgIpc) is 2.52. The molecule has 0 aliphatic heterocycles. The maximum Gasteiger partial charge on any atom is 0.278 e. The van der Waals surface area contributed by atoms with Crippen molar-refractivity contribution in [3.8, 4) is 11.5 Å². The molecule has 0 aromatic heterocycles. The molecule has 0 saturated heterocycles. The van der Waals surface area contributed by atoms with Crippen molar-refractivity contribution in [1.82, 2.24) is 0 Å². The van der Waals surface area contributed by atoms with Crippen LogP contribution in [0, 0.1) is 15.9 Å². The SMILES string of the molecule is O=[N+]([O-])c1cccc(F)c1COc1ccc(OCCO)cc1. The largest absolute Gasteiger partial charge is 0.491 e. The van der Waals surface area contributed by atoms with Crippen LogP contribution in [0.1, 0.15) is 5.56 Å².